The summed E-state index contributed by atoms with van der Waals surface area (Å²) in [6, 6.07) is 13.0. The van der Waals surface area contributed by atoms with Gasteiger partial charge in [0.1, 0.15) is 17.5 Å². The van der Waals surface area contributed by atoms with E-state index < -0.39 is 34.7 Å². The van der Waals surface area contributed by atoms with Gasteiger partial charge in [-0.1, -0.05) is 11.6 Å². The Labute approximate surface area is 209 Å². The van der Waals surface area contributed by atoms with E-state index in [2.05, 4.69) is 0 Å². The lowest BCUT2D eigenvalue weighted by atomic mass is 9.85. The molecule has 10 nitrogen and oxygen atoms in total. The number of anilines is 1. The minimum atomic E-state index is -1.21. The van der Waals surface area contributed by atoms with Gasteiger partial charge < -0.3 is 14.4 Å². The molecule has 0 unspecified atom stereocenters. The van der Waals surface area contributed by atoms with Crippen LogP contribution in [0.25, 0.3) is 0 Å². The van der Waals surface area contributed by atoms with E-state index in [0.29, 0.717) is 27.8 Å². The highest BCUT2D eigenvalue weighted by atomic mass is 35.5. The Morgan fingerprint density at radius 1 is 0.833 bits per heavy atom. The normalized spacial score (nSPS) is 18.7. The molecule has 11 heteroatoms. The number of ether oxygens (including phenoxy) is 2. The molecule has 3 aromatic rings. The van der Waals surface area contributed by atoms with E-state index >= 15 is 0 Å². The van der Waals surface area contributed by atoms with Crippen LogP contribution in [0.1, 0.15) is 32.3 Å². The smallest absolute Gasteiger partial charge is 0.270 e. The molecule has 2 atom stereocenters. The summed E-state index contributed by atoms with van der Waals surface area (Å²) in [5, 5.41) is 11.7. The first kappa shape index (κ1) is 23.3. The number of carbonyl (C=O) groups excluding carboxylic acids is 3. The SMILES string of the molecule is COc1ccc(OC)c([C@@H]2[C@H](N3C(=O)c4ccc([N+](=O)[O-])cc4C3=O)C(=O)N2c2ccc(Cl)cc2)c1. The largest absolute Gasteiger partial charge is 0.497 e. The topological polar surface area (TPSA) is 119 Å². The number of nitro benzene ring substituents is 1. The second-order valence-corrected chi connectivity index (χ2v) is 8.59. The van der Waals surface area contributed by atoms with Crippen LogP contribution in [0.2, 0.25) is 5.02 Å². The fourth-order valence-corrected chi connectivity index (χ4v) is 4.73. The summed E-state index contributed by atoms with van der Waals surface area (Å²) in [5.41, 5.74) is 0.565. The van der Waals surface area contributed by atoms with Crippen LogP contribution in [0.3, 0.4) is 0 Å². The van der Waals surface area contributed by atoms with Gasteiger partial charge in [0.15, 0.2) is 0 Å². The van der Waals surface area contributed by atoms with E-state index in [1.54, 1.807) is 42.5 Å². The first-order valence-corrected chi connectivity index (χ1v) is 11.1. The van der Waals surface area contributed by atoms with Gasteiger partial charge in [0.05, 0.1) is 36.3 Å². The molecule has 5 rings (SSSR count). The average Bonchev–Trinajstić information content (AvgIpc) is 3.12. The number of methoxy groups -OCH3 is 2. The number of halogens is 1. The maximum absolute atomic E-state index is 13.6. The predicted octanol–water partition coefficient (Wildman–Crippen LogP) is 4.02. The molecule has 0 radical (unpaired) electrons. The van der Waals surface area contributed by atoms with Gasteiger partial charge in [-0.15, -0.1) is 0 Å². The van der Waals surface area contributed by atoms with Crippen molar-refractivity contribution in [2.24, 2.45) is 0 Å². The number of nitrogens with zero attached hydrogens (tertiary/aromatic N) is 3. The molecule has 0 spiro atoms. The fraction of sp³-hybridized carbons (Fsp3) is 0.160. The van der Waals surface area contributed by atoms with Crippen LogP contribution in [0, 0.1) is 10.1 Å². The van der Waals surface area contributed by atoms with Gasteiger partial charge in [-0.25, -0.2) is 0 Å². The minimum Gasteiger partial charge on any atom is -0.497 e. The Bertz CT molecular complexity index is 1440. The first-order chi connectivity index (χ1) is 17.3. The summed E-state index contributed by atoms with van der Waals surface area (Å²) >= 11 is 6.03. The third kappa shape index (κ3) is 3.45. The Morgan fingerprint density at radius 2 is 1.53 bits per heavy atom. The van der Waals surface area contributed by atoms with Crippen LogP contribution in [0.4, 0.5) is 11.4 Å². The standard InChI is InChI=1S/C25H18ClN3O7/c1-35-16-8-10-20(36-2)19(12-16)21-22(25(32)27(21)14-5-3-13(26)4-6-14)28-23(30)17-9-7-15(29(33)34)11-18(17)24(28)31/h3-12,21-22H,1-2H3/t21-,22+/m1/s1. The third-order valence-electron chi connectivity index (χ3n) is 6.32. The molecular weight excluding hydrogens is 490 g/mol. The van der Waals surface area contributed by atoms with E-state index in [0.717, 1.165) is 17.0 Å². The van der Waals surface area contributed by atoms with Gasteiger partial charge in [-0.2, -0.15) is 0 Å². The molecular formula is C25H18ClN3O7. The van der Waals surface area contributed by atoms with E-state index in [1.165, 1.54) is 25.2 Å². The third-order valence-corrected chi connectivity index (χ3v) is 6.57. The molecule has 0 saturated carbocycles. The number of hydrogen-bond donors (Lipinski definition) is 0. The van der Waals surface area contributed by atoms with E-state index in [-0.39, 0.29) is 16.8 Å². The van der Waals surface area contributed by atoms with Crippen molar-refractivity contribution in [1.82, 2.24) is 4.90 Å². The molecule has 0 aromatic heterocycles. The lowest BCUT2D eigenvalue weighted by Crippen LogP contribution is -2.67. The number of amides is 3. The zero-order chi connectivity index (χ0) is 25.7. The molecule has 1 fully saturated rings. The van der Waals surface area contributed by atoms with Crippen molar-refractivity contribution in [3.05, 3.63) is 92.5 Å². The van der Waals surface area contributed by atoms with Crippen molar-refractivity contribution in [3.8, 4) is 11.5 Å². The molecule has 2 aliphatic rings. The van der Waals surface area contributed by atoms with Crippen molar-refractivity contribution in [2.45, 2.75) is 12.1 Å². The molecule has 182 valence electrons. The summed E-state index contributed by atoms with van der Waals surface area (Å²) in [5.74, 6) is -1.08. The monoisotopic (exact) mass is 507 g/mol. The van der Waals surface area contributed by atoms with Gasteiger partial charge in [-0.3, -0.25) is 29.4 Å². The van der Waals surface area contributed by atoms with E-state index in [4.69, 9.17) is 21.1 Å². The lowest BCUT2D eigenvalue weighted by Gasteiger charge is -2.50. The van der Waals surface area contributed by atoms with Gasteiger partial charge in [0.25, 0.3) is 23.4 Å². The Kier molecular flexibility index (Phi) is 5.60. The van der Waals surface area contributed by atoms with Crippen LogP contribution in [0.15, 0.2) is 60.7 Å². The van der Waals surface area contributed by atoms with Gasteiger partial charge in [0, 0.05) is 28.4 Å². The highest BCUT2D eigenvalue weighted by Crippen LogP contribution is 2.47. The Hall–Kier alpha value is -4.44. The van der Waals surface area contributed by atoms with Crippen molar-refractivity contribution < 1.29 is 28.8 Å². The van der Waals surface area contributed by atoms with Crippen LogP contribution in [-0.2, 0) is 4.79 Å². The molecule has 0 bridgehead atoms. The van der Waals surface area contributed by atoms with E-state index in [9.17, 15) is 24.5 Å². The lowest BCUT2D eigenvalue weighted by molar-refractivity contribution is -0.384. The molecule has 0 aliphatic carbocycles. The number of β-lactam (4-membered cyclic amide) rings is 1. The van der Waals surface area contributed by atoms with E-state index in [1.807, 2.05) is 0 Å². The number of benzene rings is 3. The van der Waals surface area contributed by atoms with Crippen LogP contribution in [0.5, 0.6) is 11.5 Å². The summed E-state index contributed by atoms with van der Waals surface area (Å²) in [4.78, 5) is 53.1. The Morgan fingerprint density at radius 3 is 2.17 bits per heavy atom. The van der Waals surface area contributed by atoms with Gasteiger partial charge in [-0.05, 0) is 48.5 Å². The second kappa shape index (κ2) is 8.65. The Balaban J connectivity index is 1.63. The minimum absolute atomic E-state index is 0.000278. The van der Waals surface area contributed by atoms with Crippen molar-refractivity contribution in [1.29, 1.82) is 0 Å². The number of carbonyl (C=O) groups is 3. The molecule has 2 aliphatic heterocycles. The van der Waals surface area contributed by atoms with Gasteiger partial charge in [0.2, 0.25) is 0 Å². The fourth-order valence-electron chi connectivity index (χ4n) is 4.61. The highest BCUT2D eigenvalue weighted by molar-refractivity contribution is 6.30. The second-order valence-electron chi connectivity index (χ2n) is 8.15. The molecule has 36 heavy (non-hydrogen) atoms. The van der Waals surface area contributed by atoms with Crippen molar-refractivity contribution in [3.63, 3.8) is 0 Å². The quantitative estimate of drug-likeness (QED) is 0.214. The predicted molar refractivity (Wildman–Crippen MR) is 129 cm³/mol. The summed E-state index contributed by atoms with van der Waals surface area (Å²) in [6.45, 7) is 0. The maximum atomic E-state index is 13.6. The molecule has 0 N–H and O–H groups in total. The summed E-state index contributed by atoms with van der Waals surface area (Å²) < 4.78 is 10.9. The number of nitro groups is 1. The van der Waals surface area contributed by atoms with Crippen LogP contribution < -0.4 is 14.4 Å². The summed E-state index contributed by atoms with van der Waals surface area (Å²) in [7, 11) is 2.96. The van der Waals surface area contributed by atoms with Crippen molar-refractivity contribution in [2.75, 3.05) is 19.1 Å². The number of fused-ring (bicyclic) bond motifs is 1. The molecule has 3 amide bonds. The number of non-ortho nitro benzene ring substituents is 1. The number of rotatable bonds is 6. The number of imide groups is 1. The maximum Gasteiger partial charge on any atom is 0.270 e. The molecule has 1 saturated heterocycles. The highest BCUT2D eigenvalue weighted by Gasteiger charge is 2.58. The summed E-state index contributed by atoms with van der Waals surface area (Å²) in [6.07, 6.45) is 0. The number of hydrogen-bond acceptors (Lipinski definition) is 7. The van der Waals surface area contributed by atoms with Crippen LogP contribution in [-0.4, -0.2) is 47.8 Å². The van der Waals surface area contributed by atoms with Crippen molar-refractivity contribution >= 4 is 40.7 Å². The first-order valence-electron chi connectivity index (χ1n) is 10.7. The zero-order valence-corrected chi connectivity index (χ0v) is 19.8. The average molecular weight is 508 g/mol. The molecule has 3 aromatic carbocycles. The zero-order valence-electron chi connectivity index (χ0n) is 19.0. The van der Waals surface area contributed by atoms with Gasteiger partial charge >= 0.3 is 0 Å². The molecule has 2 heterocycles. The van der Waals surface area contributed by atoms with Crippen LogP contribution >= 0.6 is 11.6 Å².